The number of hydrogen-bond acceptors (Lipinski definition) is 7. The van der Waals surface area contributed by atoms with Crippen LogP contribution < -0.4 is 4.90 Å². The van der Waals surface area contributed by atoms with Gasteiger partial charge in [-0.2, -0.15) is 5.10 Å². The molecule has 8 nitrogen and oxygen atoms in total. The van der Waals surface area contributed by atoms with Gasteiger partial charge < -0.3 is 14.7 Å². The number of ether oxygens (including phenoxy) is 1. The zero-order chi connectivity index (χ0) is 18.1. The molecule has 0 aliphatic carbocycles. The van der Waals surface area contributed by atoms with E-state index >= 15 is 0 Å². The van der Waals surface area contributed by atoms with E-state index in [2.05, 4.69) is 20.1 Å². The number of halogens is 2. The summed E-state index contributed by atoms with van der Waals surface area (Å²) in [5.41, 5.74) is 1.15. The fourth-order valence-corrected chi connectivity index (χ4v) is 2.88. The molecule has 26 heavy (non-hydrogen) atoms. The molecule has 1 atom stereocenters. The molecule has 136 valence electrons. The molecular weight excluding hydrogens is 346 g/mol. The van der Waals surface area contributed by atoms with Crippen molar-refractivity contribution in [2.24, 2.45) is 0 Å². The smallest absolute Gasteiger partial charge is 0.282 e. The predicted octanol–water partition coefficient (Wildman–Crippen LogP) is 1.32. The molecule has 1 aliphatic rings. The highest BCUT2D eigenvalue weighted by Gasteiger charge is 2.22. The fourth-order valence-electron chi connectivity index (χ4n) is 2.88. The van der Waals surface area contributed by atoms with Crippen molar-refractivity contribution in [1.82, 2.24) is 24.6 Å². The molecule has 1 fully saturated rings. The van der Waals surface area contributed by atoms with E-state index in [4.69, 9.17) is 4.74 Å². The normalized spacial score (nSPS) is 18.0. The number of aliphatic hydroxyl groups is 1. The third kappa shape index (κ3) is 3.08. The number of morpholine rings is 1. The Morgan fingerprint density at radius 3 is 2.96 bits per heavy atom. The lowest BCUT2D eigenvalue weighted by Crippen LogP contribution is -2.44. The number of anilines is 1. The summed E-state index contributed by atoms with van der Waals surface area (Å²) in [7, 11) is 0. The van der Waals surface area contributed by atoms with Gasteiger partial charge in [0.25, 0.3) is 6.43 Å². The monoisotopic (exact) mass is 362 g/mol. The molecule has 3 aromatic rings. The van der Waals surface area contributed by atoms with Gasteiger partial charge in [-0.05, 0) is 12.1 Å². The van der Waals surface area contributed by atoms with Crippen molar-refractivity contribution in [3.8, 4) is 11.4 Å². The Morgan fingerprint density at radius 2 is 2.15 bits per heavy atom. The Morgan fingerprint density at radius 1 is 1.27 bits per heavy atom. The van der Waals surface area contributed by atoms with Crippen molar-refractivity contribution in [2.45, 2.75) is 12.5 Å². The molecular formula is C16H16F2N6O2. The number of aliphatic hydroxyl groups excluding tert-OH is 1. The maximum Gasteiger partial charge on any atom is 0.282 e. The first-order chi connectivity index (χ1) is 12.7. The van der Waals surface area contributed by atoms with Crippen LogP contribution in [0.25, 0.3) is 17.0 Å². The van der Waals surface area contributed by atoms with Crippen LogP contribution in [0.15, 0.2) is 30.7 Å². The molecule has 4 rings (SSSR count). The number of alkyl halides is 2. The molecule has 4 heterocycles. The van der Waals surface area contributed by atoms with Gasteiger partial charge >= 0.3 is 0 Å². The average molecular weight is 362 g/mol. The molecule has 0 radical (unpaired) electrons. The molecule has 0 unspecified atom stereocenters. The van der Waals surface area contributed by atoms with Gasteiger partial charge in [0.05, 0.1) is 31.2 Å². The van der Waals surface area contributed by atoms with Crippen molar-refractivity contribution in [3.05, 3.63) is 36.4 Å². The van der Waals surface area contributed by atoms with Crippen molar-refractivity contribution in [3.63, 3.8) is 0 Å². The topological polar surface area (TPSA) is 88.7 Å². The molecule has 0 bridgehead atoms. The van der Waals surface area contributed by atoms with Crippen molar-refractivity contribution < 1.29 is 18.6 Å². The molecule has 1 saturated heterocycles. The number of nitrogens with zero attached hydrogens (tertiary/aromatic N) is 6. The van der Waals surface area contributed by atoms with E-state index in [0.717, 1.165) is 0 Å². The van der Waals surface area contributed by atoms with Crippen LogP contribution in [0.4, 0.5) is 14.6 Å². The van der Waals surface area contributed by atoms with E-state index in [9.17, 15) is 13.9 Å². The highest BCUT2D eigenvalue weighted by Crippen LogP contribution is 2.24. The van der Waals surface area contributed by atoms with Gasteiger partial charge in [-0.1, -0.05) is 0 Å². The lowest BCUT2D eigenvalue weighted by Gasteiger charge is -2.32. The summed E-state index contributed by atoms with van der Waals surface area (Å²) in [6.07, 6.45) is 0.0110. The van der Waals surface area contributed by atoms with Crippen molar-refractivity contribution in [1.29, 1.82) is 0 Å². The molecule has 0 amide bonds. The quantitative estimate of drug-likeness (QED) is 0.749. The Balaban J connectivity index is 1.70. The Labute approximate surface area is 147 Å². The second-order valence-corrected chi connectivity index (χ2v) is 5.86. The van der Waals surface area contributed by atoms with Crippen molar-refractivity contribution >= 4 is 11.5 Å². The van der Waals surface area contributed by atoms with Gasteiger partial charge in [-0.3, -0.25) is 0 Å². The number of aromatic nitrogens is 5. The SMILES string of the molecule is OC[C@@H]1CN(c2cc(-c3cnc4ccc(C(F)F)nn34)ncn2)CCO1. The first kappa shape index (κ1) is 16.7. The summed E-state index contributed by atoms with van der Waals surface area (Å²) in [5.74, 6) is 0.664. The highest BCUT2D eigenvalue weighted by atomic mass is 19.3. The van der Waals surface area contributed by atoms with Gasteiger partial charge in [0.15, 0.2) is 5.65 Å². The van der Waals surface area contributed by atoms with Crippen molar-refractivity contribution in [2.75, 3.05) is 31.2 Å². The predicted molar refractivity (Wildman–Crippen MR) is 88.0 cm³/mol. The third-order valence-corrected chi connectivity index (χ3v) is 4.19. The standard InChI is InChI=1S/C16H16F2N6O2/c17-16(18)11-1-2-14-19-6-13(24(14)22-11)12-5-15(21-9-20-12)23-3-4-26-10(7-23)8-25/h1-2,5-6,9-10,16,25H,3-4,7-8H2/t10-/m0/s1. The van der Waals surface area contributed by atoms with Gasteiger partial charge in [0.2, 0.25) is 0 Å². The number of imidazole rings is 1. The number of fused-ring (bicyclic) bond motifs is 1. The van der Waals surface area contributed by atoms with E-state index in [0.29, 0.717) is 42.5 Å². The molecule has 1 N–H and O–H groups in total. The van der Waals surface area contributed by atoms with Crippen LogP contribution in [0.2, 0.25) is 0 Å². The minimum absolute atomic E-state index is 0.0674. The van der Waals surface area contributed by atoms with Crippen LogP contribution in [-0.2, 0) is 4.74 Å². The van der Waals surface area contributed by atoms with Crippen LogP contribution in [0.5, 0.6) is 0 Å². The van der Waals surface area contributed by atoms with Crippen LogP contribution >= 0.6 is 0 Å². The molecule has 0 spiro atoms. The van der Waals surface area contributed by atoms with Crippen LogP contribution in [0.3, 0.4) is 0 Å². The summed E-state index contributed by atoms with van der Waals surface area (Å²) >= 11 is 0. The van der Waals surface area contributed by atoms with E-state index < -0.39 is 6.43 Å². The second kappa shape index (κ2) is 6.89. The molecule has 0 aromatic carbocycles. The zero-order valence-corrected chi connectivity index (χ0v) is 13.7. The number of hydrogen-bond donors (Lipinski definition) is 1. The summed E-state index contributed by atoms with van der Waals surface area (Å²) in [5, 5.41) is 13.2. The molecule has 0 saturated carbocycles. The van der Waals surface area contributed by atoms with Gasteiger partial charge in [-0.15, -0.1) is 0 Å². The largest absolute Gasteiger partial charge is 0.394 e. The average Bonchev–Trinajstić information content (AvgIpc) is 3.11. The summed E-state index contributed by atoms with van der Waals surface area (Å²) in [4.78, 5) is 14.7. The first-order valence-electron chi connectivity index (χ1n) is 8.08. The van der Waals surface area contributed by atoms with Crippen LogP contribution in [0.1, 0.15) is 12.1 Å². The maximum absolute atomic E-state index is 13.0. The Bertz CT molecular complexity index is 919. The van der Waals surface area contributed by atoms with Gasteiger partial charge in [0.1, 0.15) is 23.5 Å². The summed E-state index contributed by atoms with van der Waals surface area (Å²) < 4.78 is 32.7. The number of rotatable bonds is 4. The summed E-state index contributed by atoms with van der Waals surface area (Å²) in [6.45, 7) is 1.56. The van der Waals surface area contributed by atoms with E-state index in [1.165, 1.54) is 23.0 Å². The lowest BCUT2D eigenvalue weighted by molar-refractivity contribution is 0.00336. The maximum atomic E-state index is 13.0. The zero-order valence-electron chi connectivity index (χ0n) is 13.7. The van der Waals surface area contributed by atoms with Gasteiger partial charge in [0, 0.05) is 19.2 Å². The van der Waals surface area contributed by atoms with Gasteiger partial charge in [-0.25, -0.2) is 28.2 Å². The van der Waals surface area contributed by atoms with E-state index in [1.807, 2.05) is 4.90 Å². The Kier molecular flexibility index (Phi) is 4.43. The lowest BCUT2D eigenvalue weighted by atomic mass is 10.2. The van der Waals surface area contributed by atoms with E-state index in [1.54, 1.807) is 12.3 Å². The minimum atomic E-state index is -2.67. The Hall–Kier alpha value is -2.72. The molecule has 3 aromatic heterocycles. The van der Waals surface area contributed by atoms with E-state index in [-0.39, 0.29) is 18.4 Å². The summed E-state index contributed by atoms with van der Waals surface area (Å²) in [6, 6.07) is 4.50. The second-order valence-electron chi connectivity index (χ2n) is 5.86. The first-order valence-corrected chi connectivity index (χ1v) is 8.08. The molecule has 10 heteroatoms. The third-order valence-electron chi connectivity index (χ3n) is 4.19. The highest BCUT2D eigenvalue weighted by molar-refractivity contribution is 5.62. The minimum Gasteiger partial charge on any atom is -0.394 e. The fraction of sp³-hybridized carbons (Fsp3) is 0.375. The van der Waals surface area contributed by atoms with Crippen LogP contribution in [-0.4, -0.2) is 62.1 Å². The molecule has 1 aliphatic heterocycles. The van der Waals surface area contributed by atoms with Crippen LogP contribution in [0, 0.1) is 0 Å².